The van der Waals surface area contributed by atoms with Crippen LogP contribution in [0.4, 0.5) is 11.4 Å². The second kappa shape index (κ2) is 7.38. The van der Waals surface area contributed by atoms with Gasteiger partial charge < -0.3 is 10.1 Å². The first-order valence-electron chi connectivity index (χ1n) is 7.51. The van der Waals surface area contributed by atoms with E-state index in [9.17, 15) is 14.9 Å². The van der Waals surface area contributed by atoms with Crippen molar-refractivity contribution in [3.63, 3.8) is 0 Å². The molecule has 1 aromatic heterocycles. The van der Waals surface area contributed by atoms with E-state index < -0.39 is 4.92 Å². The number of hydrogen-bond donors (Lipinski definition) is 1. The van der Waals surface area contributed by atoms with Crippen molar-refractivity contribution in [1.82, 2.24) is 20.2 Å². The molecular formula is C16H14N6O4. The number of nitro benzene ring substituents is 1. The molecule has 3 rings (SSSR count). The molecule has 132 valence electrons. The molecule has 0 spiro atoms. The fraction of sp³-hybridized carbons (Fsp3) is 0.125. The fourth-order valence-electron chi connectivity index (χ4n) is 2.16. The first kappa shape index (κ1) is 17.0. The van der Waals surface area contributed by atoms with Gasteiger partial charge in [-0.15, -0.1) is 10.2 Å². The molecule has 0 aliphatic heterocycles. The molecule has 26 heavy (non-hydrogen) atoms. The molecule has 1 N–H and O–H groups in total. The summed E-state index contributed by atoms with van der Waals surface area (Å²) in [7, 11) is 1.58. The molecule has 2 aromatic carbocycles. The third-order valence-electron chi connectivity index (χ3n) is 3.45. The highest BCUT2D eigenvalue weighted by molar-refractivity contribution is 5.90. The van der Waals surface area contributed by atoms with Gasteiger partial charge in [0.15, 0.2) is 0 Å². The van der Waals surface area contributed by atoms with Gasteiger partial charge in [-0.2, -0.15) is 4.80 Å². The summed E-state index contributed by atoms with van der Waals surface area (Å²) in [5.74, 6) is 0.719. The van der Waals surface area contributed by atoms with Crippen molar-refractivity contribution in [2.45, 2.75) is 6.54 Å². The number of ether oxygens (including phenoxy) is 1. The number of methoxy groups -OCH3 is 1. The lowest BCUT2D eigenvalue weighted by Gasteiger charge is -2.03. The summed E-state index contributed by atoms with van der Waals surface area (Å²) in [6.07, 6.45) is 0. The second-order valence-electron chi connectivity index (χ2n) is 5.22. The van der Waals surface area contributed by atoms with E-state index in [1.807, 2.05) is 0 Å². The molecule has 0 atom stereocenters. The van der Waals surface area contributed by atoms with Crippen LogP contribution in [0.1, 0.15) is 0 Å². The summed E-state index contributed by atoms with van der Waals surface area (Å²) in [6.45, 7) is -0.139. The average molecular weight is 354 g/mol. The Balaban J connectivity index is 1.62. The van der Waals surface area contributed by atoms with Crippen molar-refractivity contribution >= 4 is 17.3 Å². The number of rotatable bonds is 6. The van der Waals surface area contributed by atoms with Gasteiger partial charge in [-0.1, -0.05) is 0 Å². The molecule has 1 amide bonds. The van der Waals surface area contributed by atoms with E-state index in [2.05, 4.69) is 20.7 Å². The van der Waals surface area contributed by atoms with Gasteiger partial charge in [-0.25, -0.2) is 0 Å². The number of nitro groups is 1. The van der Waals surface area contributed by atoms with E-state index in [-0.39, 0.29) is 18.1 Å². The Morgan fingerprint density at radius 2 is 1.88 bits per heavy atom. The Kier molecular flexibility index (Phi) is 4.83. The molecule has 10 heteroatoms. The summed E-state index contributed by atoms with van der Waals surface area (Å²) in [5, 5.41) is 25.2. The predicted octanol–water partition coefficient (Wildman–Crippen LogP) is 1.90. The molecule has 0 saturated heterocycles. The molecule has 0 radical (unpaired) electrons. The third kappa shape index (κ3) is 3.98. The predicted molar refractivity (Wildman–Crippen MR) is 91.5 cm³/mol. The maximum atomic E-state index is 12.0. The highest BCUT2D eigenvalue weighted by Crippen LogP contribution is 2.18. The largest absolute Gasteiger partial charge is 0.497 e. The first-order valence-corrected chi connectivity index (χ1v) is 7.51. The highest BCUT2D eigenvalue weighted by atomic mass is 16.6. The Morgan fingerprint density at radius 3 is 2.50 bits per heavy atom. The van der Waals surface area contributed by atoms with Crippen molar-refractivity contribution in [2.75, 3.05) is 12.4 Å². The molecular weight excluding hydrogens is 340 g/mol. The zero-order chi connectivity index (χ0) is 18.5. The summed E-state index contributed by atoms with van der Waals surface area (Å²) >= 11 is 0. The number of amides is 1. The zero-order valence-corrected chi connectivity index (χ0v) is 13.7. The number of aromatic nitrogens is 4. The monoisotopic (exact) mass is 354 g/mol. The number of tetrazole rings is 1. The van der Waals surface area contributed by atoms with Gasteiger partial charge >= 0.3 is 0 Å². The van der Waals surface area contributed by atoms with E-state index >= 15 is 0 Å². The normalized spacial score (nSPS) is 10.3. The fourth-order valence-corrected chi connectivity index (χ4v) is 2.16. The minimum Gasteiger partial charge on any atom is -0.497 e. The highest BCUT2D eigenvalue weighted by Gasteiger charge is 2.11. The van der Waals surface area contributed by atoms with Gasteiger partial charge in [0.1, 0.15) is 12.3 Å². The van der Waals surface area contributed by atoms with Crippen LogP contribution in [-0.4, -0.2) is 38.1 Å². The van der Waals surface area contributed by atoms with Crippen molar-refractivity contribution in [2.24, 2.45) is 0 Å². The van der Waals surface area contributed by atoms with E-state index in [0.29, 0.717) is 17.3 Å². The number of anilines is 1. The van der Waals surface area contributed by atoms with Gasteiger partial charge in [-0.3, -0.25) is 14.9 Å². The van der Waals surface area contributed by atoms with Gasteiger partial charge in [-0.05, 0) is 41.6 Å². The van der Waals surface area contributed by atoms with Crippen LogP contribution in [0.5, 0.6) is 5.75 Å². The molecule has 0 unspecified atom stereocenters. The minimum atomic E-state index is -0.508. The Morgan fingerprint density at radius 1 is 1.19 bits per heavy atom. The van der Waals surface area contributed by atoms with Crippen LogP contribution < -0.4 is 10.1 Å². The van der Waals surface area contributed by atoms with E-state index in [4.69, 9.17) is 4.74 Å². The molecule has 3 aromatic rings. The van der Waals surface area contributed by atoms with Crippen LogP contribution >= 0.6 is 0 Å². The number of hydrogen-bond acceptors (Lipinski definition) is 7. The molecule has 0 aliphatic rings. The van der Waals surface area contributed by atoms with Crippen molar-refractivity contribution in [1.29, 1.82) is 0 Å². The molecule has 0 aliphatic carbocycles. The Hall–Kier alpha value is -3.82. The maximum absolute atomic E-state index is 12.0. The second-order valence-corrected chi connectivity index (χ2v) is 5.22. The standard InChI is InChI=1S/C16H14N6O4/c1-26-14-8-2-11(3-9-14)16-18-20-21(19-16)10-15(23)17-12-4-6-13(7-5-12)22(24)25/h2-9H,10H2,1H3,(H,17,23). The smallest absolute Gasteiger partial charge is 0.269 e. The lowest BCUT2D eigenvalue weighted by atomic mass is 10.2. The number of carbonyl (C=O) groups is 1. The molecule has 0 bridgehead atoms. The van der Waals surface area contributed by atoms with Gasteiger partial charge in [0.05, 0.1) is 12.0 Å². The van der Waals surface area contributed by atoms with Crippen molar-refractivity contribution in [3.8, 4) is 17.1 Å². The van der Waals surface area contributed by atoms with Crippen LogP contribution in [0.3, 0.4) is 0 Å². The minimum absolute atomic E-state index is 0.0509. The molecule has 1 heterocycles. The number of carbonyl (C=O) groups excluding carboxylic acids is 1. The average Bonchev–Trinajstić information content (AvgIpc) is 3.10. The van der Waals surface area contributed by atoms with Gasteiger partial charge in [0.25, 0.3) is 5.69 Å². The number of non-ortho nitro benzene ring substituents is 1. The third-order valence-corrected chi connectivity index (χ3v) is 3.45. The summed E-state index contributed by atoms with van der Waals surface area (Å²) in [6, 6.07) is 12.7. The first-order chi connectivity index (χ1) is 12.5. The lowest BCUT2D eigenvalue weighted by molar-refractivity contribution is -0.384. The van der Waals surface area contributed by atoms with Crippen molar-refractivity contribution in [3.05, 3.63) is 58.6 Å². The zero-order valence-electron chi connectivity index (χ0n) is 13.7. The SMILES string of the molecule is COc1ccc(-c2nnn(CC(=O)Nc3ccc([N+](=O)[O-])cc3)n2)cc1. The number of nitrogens with one attached hydrogen (secondary N) is 1. The molecule has 10 nitrogen and oxygen atoms in total. The molecule has 0 fully saturated rings. The summed E-state index contributed by atoms with van der Waals surface area (Å²) in [4.78, 5) is 23.3. The topological polar surface area (TPSA) is 125 Å². The summed E-state index contributed by atoms with van der Waals surface area (Å²) in [5.41, 5.74) is 1.13. The van der Waals surface area contributed by atoms with E-state index in [1.54, 1.807) is 31.4 Å². The Labute approximate surface area is 147 Å². The van der Waals surface area contributed by atoms with Crippen LogP contribution in [0.2, 0.25) is 0 Å². The van der Waals surface area contributed by atoms with Crippen LogP contribution in [0.25, 0.3) is 11.4 Å². The van der Waals surface area contributed by atoms with Gasteiger partial charge in [0.2, 0.25) is 11.7 Å². The van der Waals surface area contributed by atoms with Crippen LogP contribution in [0.15, 0.2) is 48.5 Å². The van der Waals surface area contributed by atoms with Gasteiger partial charge in [0, 0.05) is 23.4 Å². The number of nitrogens with zero attached hydrogens (tertiary/aromatic N) is 5. The van der Waals surface area contributed by atoms with Crippen molar-refractivity contribution < 1.29 is 14.5 Å². The summed E-state index contributed by atoms with van der Waals surface area (Å²) < 4.78 is 5.09. The molecule has 0 saturated carbocycles. The number of benzene rings is 2. The maximum Gasteiger partial charge on any atom is 0.269 e. The van der Waals surface area contributed by atoms with Crippen LogP contribution in [-0.2, 0) is 11.3 Å². The van der Waals surface area contributed by atoms with E-state index in [0.717, 1.165) is 5.56 Å². The quantitative estimate of drug-likeness (QED) is 0.529. The lowest BCUT2D eigenvalue weighted by Crippen LogP contribution is -2.20. The van der Waals surface area contributed by atoms with E-state index in [1.165, 1.54) is 29.1 Å². The Bertz CT molecular complexity index is 921. The van der Waals surface area contributed by atoms with Crippen LogP contribution in [0, 0.1) is 10.1 Å².